The second-order valence-corrected chi connectivity index (χ2v) is 4.34. The van der Waals surface area contributed by atoms with E-state index in [1.807, 2.05) is 13.8 Å². The highest BCUT2D eigenvalue weighted by Gasteiger charge is 2.53. The summed E-state index contributed by atoms with van der Waals surface area (Å²) >= 11 is 0. The number of hydrogen-bond donors (Lipinski definition) is 2. The first kappa shape index (κ1) is 10.0. The molecule has 0 bridgehead atoms. The lowest BCUT2D eigenvalue weighted by molar-refractivity contribution is -0.140. The van der Waals surface area contributed by atoms with E-state index < -0.39 is 11.4 Å². The van der Waals surface area contributed by atoms with Crippen LogP contribution in [0.15, 0.2) is 12.1 Å². The molecule has 1 aliphatic rings. The van der Waals surface area contributed by atoms with Gasteiger partial charge < -0.3 is 10.2 Å². The van der Waals surface area contributed by atoms with Gasteiger partial charge in [0, 0.05) is 0 Å². The minimum Gasteiger partial charge on any atom is -0.508 e. The summed E-state index contributed by atoms with van der Waals surface area (Å²) < 4.78 is 0. The first-order chi connectivity index (χ1) is 6.97. The van der Waals surface area contributed by atoms with E-state index in [9.17, 15) is 15.0 Å². The molecule has 3 nitrogen and oxygen atoms in total. The Hall–Kier alpha value is -1.51. The van der Waals surface area contributed by atoms with Gasteiger partial charge in [0.25, 0.3) is 0 Å². The second kappa shape index (κ2) is 2.99. The molecular weight excluding hydrogens is 192 g/mol. The molecule has 2 N–H and O–H groups in total. The van der Waals surface area contributed by atoms with E-state index in [1.54, 1.807) is 12.1 Å². The lowest BCUT2D eigenvalue weighted by Crippen LogP contribution is -2.21. The standard InChI is InChI=1S/C12H14O3/c1-7-5-9(13)6-8(2)10(7)12(3-4-12)11(14)15/h5-6,13H,3-4H2,1-2H3,(H,14,15). The highest BCUT2D eigenvalue weighted by molar-refractivity contribution is 5.86. The molecule has 0 unspecified atom stereocenters. The highest BCUT2D eigenvalue weighted by atomic mass is 16.4. The summed E-state index contributed by atoms with van der Waals surface area (Å²) in [5, 5.41) is 18.6. The molecule has 1 fully saturated rings. The molecule has 0 saturated heterocycles. The average Bonchev–Trinajstić information content (AvgIpc) is 2.83. The topological polar surface area (TPSA) is 57.5 Å². The Kier molecular flexibility index (Phi) is 2.00. The molecule has 0 aliphatic heterocycles. The summed E-state index contributed by atoms with van der Waals surface area (Å²) in [6, 6.07) is 3.26. The molecule has 1 aromatic rings. The van der Waals surface area contributed by atoms with Gasteiger partial charge in [-0.2, -0.15) is 0 Å². The number of aryl methyl sites for hydroxylation is 2. The number of phenols is 1. The highest BCUT2D eigenvalue weighted by Crippen LogP contribution is 2.51. The third-order valence-electron chi connectivity index (χ3n) is 3.16. The van der Waals surface area contributed by atoms with Gasteiger partial charge in [0.05, 0.1) is 5.41 Å². The van der Waals surface area contributed by atoms with Gasteiger partial charge >= 0.3 is 5.97 Å². The zero-order valence-electron chi connectivity index (χ0n) is 8.87. The Morgan fingerprint density at radius 1 is 1.27 bits per heavy atom. The lowest BCUT2D eigenvalue weighted by Gasteiger charge is -2.16. The van der Waals surface area contributed by atoms with Gasteiger partial charge in [0.15, 0.2) is 0 Å². The van der Waals surface area contributed by atoms with Crippen LogP contribution in [0.1, 0.15) is 29.5 Å². The van der Waals surface area contributed by atoms with E-state index in [2.05, 4.69) is 0 Å². The summed E-state index contributed by atoms with van der Waals surface area (Å²) in [6.07, 6.45) is 1.41. The molecule has 0 heterocycles. The Labute approximate surface area is 88.4 Å². The number of rotatable bonds is 2. The summed E-state index contributed by atoms with van der Waals surface area (Å²) in [4.78, 5) is 11.2. The SMILES string of the molecule is Cc1cc(O)cc(C)c1C1(C(=O)O)CC1. The number of carbonyl (C=O) groups is 1. The molecule has 3 heteroatoms. The maximum atomic E-state index is 11.2. The Morgan fingerprint density at radius 2 is 1.73 bits per heavy atom. The van der Waals surface area contributed by atoms with Crippen molar-refractivity contribution in [3.63, 3.8) is 0 Å². The van der Waals surface area contributed by atoms with Crippen LogP contribution in [0, 0.1) is 13.8 Å². The van der Waals surface area contributed by atoms with Crippen LogP contribution in [0.4, 0.5) is 0 Å². The predicted molar refractivity (Wildman–Crippen MR) is 56.1 cm³/mol. The van der Waals surface area contributed by atoms with Crippen molar-refractivity contribution >= 4 is 5.97 Å². The van der Waals surface area contributed by atoms with Crippen LogP contribution < -0.4 is 0 Å². The van der Waals surface area contributed by atoms with Gasteiger partial charge in [0.2, 0.25) is 0 Å². The van der Waals surface area contributed by atoms with Crippen molar-refractivity contribution in [2.45, 2.75) is 32.1 Å². The molecule has 15 heavy (non-hydrogen) atoms. The van der Waals surface area contributed by atoms with Gasteiger partial charge in [-0.1, -0.05) is 0 Å². The molecule has 80 valence electrons. The largest absolute Gasteiger partial charge is 0.508 e. The quantitative estimate of drug-likeness (QED) is 0.779. The minimum atomic E-state index is -0.751. The van der Waals surface area contributed by atoms with Crippen molar-refractivity contribution in [1.29, 1.82) is 0 Å². The fourth-order valence-electron chi connectivity index (χ4n) is 2.39. The summed E-state index contributed by atoms with van der Waals surface area (Å²) in [7, 11) is 0. The smallest absolute Gasteiger partial charge is 0.314 e. The third-order valence-corrected chi connectivity index (χ3v) is 3.16. The Balaban J connectivity index is 2.58. The van der Waals surface area contributed by atoms with Gasteiger partial charge in [-0.3, -0.25) is 4.79 Å². The summed E-state index contributed by atoms with van der Waals surface area (Å²) in [5.41, 5.74) is 1.94. The van der Waals surface area contributed by atoms with Gasteiger partial charge in [-0.05, 0) is 55.5 Å². The molecule has 1 saturated carbocycles. The van der Waals surface area contributed by atoms with Crippen LogP contribution in [0.5, 0.6) is 5.75 Å². The van der Waals surface area contributed by atoms with Crippen molar-refractivity contribution in [2.24, 2.45) is 0 Å². The zero-order chi connectivity index (χ0) is 11.2. The number of carboxylic acid groups (broad SMARTS) is 1. The maximum Gasteiger partial charge on any atom is 0.314 e. The average molecular weight is 206 g/mol. The van der Waals surface area contributed by atoms with Crippen LogP contribution in [-0.4, -0.2) is 16.2 Å². The van der Waals surface area contributed by atoms with E-state index in [-0.39, 0.29) is 5.75 Å². The van der Waals surface area contributed by atoms with Gasteiger partial charge in [0.1, 0.15) is 5.75 Å². The van der Waals surface area contributed by atoms with Crippen LogP contribution in [0.3, 0.4) is 0 Å². The van der Waals surface area contributed by atoms with Crippen molar-refractivity contribution in [3.05, 3.63) is 28.8 Å². The van der Waals surface area contributed by atoms with E-state index >= 15 is 0 Å². The van der Waals surface area contributed by atoms with E-state index in [1.165, 1.54) is 0 Å². The van der Waals surface area contributed by atoms with Gasteiger partial charge in [-0.25, -0.2) is 0 Å². The summed E-state index contributed by atoms with van der Waals surface area (Å²) in [5.74, 6) is -0.547. The molecule has 0 aromatic heterocycles. The number of phenolic OH excluding ortho intramolecular Hbond substituents is 1. The predicted octanol–water partition coefficient (Wildman–Crippen LogP) is 2.13. The molecule has 1 aliphatic carbocycles. The lowest BCUT2D eigenvalue weighted by atomic mass is 9.88. The van der Waals surface area contributed by atoms with Crippen molar-refractivity contribution < 1.29 is 15.0 Å². The van der Waals surface area contributed by atoms with Crippen LogP contribution in [0.25, 0.3) is 0 Å². The van der Waals surface area contributed by atoms with Gasteiger partial charge in [-0.15, -0.1) is 0 Å². The minimum absolute atomic E-state index is 0.204. The number of carboxylic acids is 1. The van der Waals surface area contributed by atoms with E-state index in [0.717, 1.165) is 16.7 Å². The molecule has 0 spiro atoms. The molecule has 1 aromatic carbocycles. The fraction of sp³-hybridized carbons (Fsp3) is 0.417. The molecular formula is C12H14O3. The van der Waals surface area contributed by atoms with Crippen LogP contribution in [0.2, 0.25) is 0 Å². The number of aromatic hydroxyl groups is 1. The van der Waals surface area contributed by atoms with Crippen LogP contribution in [-0.2, 0) is 10.2 Å². The molecule has 0 atom stereocenters. The van der Waals surface area contributed by atoms with Crippen LogP contribution >= 0.6 is 0 Å². The van der Waals surface area contributed by atoms with Crippen molar-refractivity contribution in [3.8, 4) is 5.75 Å². The Bertz CT molecular complexity index is 407. The maximum absolute atomic E-state index is 11.2. The number of benzene rings is 1. The van der Waals surface area contributed by atoms with E-state index in [4.69, 9.17) is 0 Å². The molecule has 0 radical (unpaired) electrons. The molecule has 0 amide bonds. The second-order valence-electron chi connectivity index (χ2n) is 4.34. The monoisotopic (exact) mass is 206 g/mol. The zero-order valence-corrected chi connectivity index (χ0v) is 8.87. The first-order valence-electron chi connectivity index (χ1n) is 5.01. The normalized spacial score (nSPS) is 17.5. The Morgan fingerprint density at radius 3 is 2.07 bits per heavy atom. The van der Waals surface area contributed by atoms with E-state index in [0.29, 0.717) is 12.8 Å². The number of hydrogen-bond acceptors (Lipinski definition) is 2. The third kappa shape index (κ3) is 1.39. The van der Waals surface area contributed by atoms with Crippen molar-refractivity contribution in [1.82, 2.24) is 0 Å². The first-order valence-corrected chi connectivity index (χ1v) is 5.01. The number of aliphatic carboxylic acids is 1. The fourth-order valence-corrected chi connectivity index (χ4v) is 2.39. The molecule has 2 rings (SSSR count). The summed E-state index contributed by atoms with van der Waals surface area (Å²) in [6.45, 7) is 3.70. The van der Waals surface area contributed by atoms with Crippen molar-refractivity contribution in [2.75, 3.05) is 0 Å².